The van der Waals surface area contributed by atoms with E-state index in [0.29, 0.717) is 11.1 Å². The number of carbonyl (C=O) groups is 2. The number of aliphatic carboxylic acids is 1. The minimum atomic E-state index is -1.24. The van der Waals surface area contributed by atoms with E-state index in [9.17, 15) is 19.1 Å². The zero-order chi connectivity index (χ0) is 17.7. The van der Waals surface area contributed by atoms with E-state index in [4.69, 9.17) is 0 Å². The Balaban J connectivity index is 2.12. The molecule has 2 rings (SSSR count). The number of carboxylic acids is 1. The summed E-state index contributed by atoms with van der Waals surface area (Å²) in [4.78, 5) is 24.0. The van der Waals surface area contributed by atoms with Crippen molar-refractivity contribution >= 4 is 11.9 Å². The Morgan fingerprint density at radius 3 is 2.42 bits per heavy atom. The second-order valence-corrected chi connectivity index (χ2v) is 6.00. The smallest absolute Gasteiger partial charge is 0.315 e. The first-order chi connectivity index (χ1) is 11.3. The molecule has 0 fully saturated rings. The molecule has 0 spiro atoms. The van der Waals surface area contributed by atoms with Crippen molar-refractivity contribution in [2.24, 2.45) is 0 Å². The predicted octanol–water partition coefficient (Wildman–Crippen LogP) is 3.09. The molecule has 0 saturated heterocycles. The third kappa shape index (κ3) is 3.79. The van der Waals surface area contributed by atoms with Crippen LogP contribution in [-0.4, -0.2) is 23.5 Å². The summed E-state index contributed by atoms with van der Waals surface area (Å²) in [6.45, 7) is 3.17. The van der Waals surface area contributed by atoms with E-state index in [1.165, 1.54) is 12.1 Å². The van der Waals surface area contributed by atoms with Crippen molar-refractivity contribution in [1.29, 1.82) is 0 Å². The standard InChI is InChI=1S/C19H20FNO3/c1-13(14-7-6-10-16(20)11-14)17(22)21-12-19(2,18(23)24)15-8-4-3-5-9-15/h3-11,13H,12H2,1-2H3,(H,21,22)(H,23,24). The van der Waals surface area contributed by atoms with E-state index in [-0.39, 0.29) is 12.5 Å². The van der Waals surface area contributed by atoms with Gasteiger partial charge in [0.15, 0.2) is 0 Å². The highest BCUT2D eigenvalue weighted by Gasteiger charge is 2.36. The monoisotopic (exact) mass is 329 g/mol. The van der Waals surface area contributed by atoms with E-state index in [2.05, 4.69) is 5.32 Å². The van der Waals surface area contributed by atoms with Crippen molar-refractivity contribution < 1.29 is 19.1 Å². The third-order valence-corrected chi connectivity index (χ3v) is 4.24. The van der Waals surface area contributed by atoms with Crippen LogP contribution in [0.3, 0.4) is 0 Å². The molecule has 0 aromatic heterocycles. The molecular formula is C19H20FNO3. The van der Waals surface area contributed by atoms with Crippen LogP contribution >= 0.6 is 0 Å². The molecule has 1 amide bonds. The Hall–Kier alpha value is -2.69. The molecule has 0 saturated carbocycles. The molecule has 0 heterocycles. The van der Waals surface area contributed by atoms with Crippen molar-refractivity contribution in [1.82, 2.24) is 5.32 Å². The van der Waals surface area contributed by atoms with Crippen molar-refractivity contribution in [3.05, 3.63) is 71.5 Å². The van der Waals surface area contributed by atoms with E-state index in [1.54, 1.807) is 56.3 Å². The molecule has 0 radical (unpaired) electrons. The van der Waals surface area contributed by atoms with Gasteiger partial charge in [-0.05, 0) is 37.1 Å². The lowest BCUT2D eigenvalue weighted by Crippen LogP contribution is -2.45. The van der Waals surface area contributed by atoms with Gasteiger partial charge in [-0.1, -0.05) is 42.5 Å². The fourth-order valence-electron chi connectivity index (χ4n) is 2.45. The summed E-state index contributed by atoms with van der Waals surface area (Å²) in [5.41, 5.74) is -0.0843. The summed E-state index contributed by atoms with van der Waals surface area (Å²) in [6, 6.07) is 14.6. The predicted molar refractivity (Wildman–Crippen MR) is 89.3 cm³/mol. The molecule has 4 nitrogen and oxygen atoms in total. The molecule has 0 aliphatic rings. The normalized spacial score (nSPS) is 14.5. The number of hydrogen-bond donors (Lipinski definition) is 2. The van der Waals surface area contributed by atoms with E-state index in [1.807, 2.05) is 0 Å². The molecule has 2 aromatic carbocycles. The van der Waals surface area contributed by atoms with Gasteiger partial charge in [0.25, 0.3) is 0 Å². The summed E-state index contributed by atoms with van der Waals surface area (Å²) in [7, 11) is 0. The third-order valence-electron chi connectivity index (χ3n) is 4.24. The van der Waals surface area contributed by atoms with Crippen LogP contribution in [0.4, 0.5) is 4.39 Å². The maximum atomic E-state index is 13.3. The fraction of sp³-hybridized carbons (Fsp3) is 0.263. The van der Waals surface area contributed by atoms with Crippen LogP contribution in [0.25, 0.3) is 0 Å². The number of benzene rings is 2. The van der Waals surface area contributed by atoms with Gasteiger partial charge in [-0.15, -0.1) is 0 Å². The average molecular weight is 329 g/mol. The minimum Gasteiger partial charge on any atom is -0.481 e. The summed E-state index contributed by atoms with van der Waals surface area (Å²) in [6.07, 6.45) is 0. The van der Waals surface area contributed by atoms with Crippen LogP contribution in [-0.2, 0) is 15.0 Å². The summed E-state index contributed by atoms with van der Waals surface area (Å²) in [5.74, 6) is -2.35. The summed E-state index contributed by atoms with van der Waals surface area (Å²) < 4.78 is 13.3. The number of carbonyl (C=O) groups excluding carboxylic acids is 1. The fourth-order valence-corrected chi connectivity index (χ4v) is 2.45. The van der Waals surface area contributed by atoms with Crippen LogP contribution in [0.5, 0.6) is 0 Å². The van der Waals surface area contributed by atoms with Gasteiger partial charge >= 0.3 is 5.97 Å². The first-order valence-corrected chi connectivity index (χ1v) is 7.66. The maximum Gasteiger partial charge on any atom is 0.315 e. The summed E-state index contributed by atoms with van der Waals surface area (Å²) in [5, 5.41) is 12.3. The minimum absolute atomic E-state index is 0.0508. The zero-order valence-electron chi connectivity index (χ0n) is 13.6. The molecule has 126 valence electrons. The average Bonchev–Trinajstić information content (AvgIpc) is 2.59. The molecule has 24 heavy (non-hydrogen) atoms. The molecule has 5 heteroatoms. The van der Waals surface area contributed by atoms with Crippen LogP contribution in [0, 0.1) is 5.82 Å². The lowest BCUT2D eigenvalue weighted by atomic mass is 9.82. The van der Waals surface area contributed by atoms with Gasteiger partial charge in [0.05, 0.1) is 5.92 Å². The van der Waals surface area contributed by atoms with Crippen molar-refractivity contribution in [2.75, 3.05) is 6.54 Å². The Morgan fingerprint density at radius 1 is 1.17 bits per heavy atom. The number of amides is 1. The van der Waals surface area contributed by atoms with Crippen molar-refractivity contribution in [3.63, 3.8) is 0 Å². The zero-order valence-corrected chi connectivity index (χ0v) is 13.6. The second kappa shape index (κ2) is 7.25. The number of rotatable bonds is 6. The lowest BCUT2D eigenvalue weighted by molar-refractivity contribution is -0.143. The van der Waals surface area contributed by atoms with Gasteiger partial charge in [0.2, 0.25) is 5.91 Å². The van der Waals surface area contributed by atoms with E-state index in [0.717, 1.165) is 0 Å². The van der Waals surface area contributed by atoms with Gasteiger partial charge in [-0.2, -0.15) is 0 Å². The highest BCUT2D eigenvalue weighted by Crippen LogP contribution is 2.24. The van der Waals surface area contributed by atoms with Gasteiger partial charge in [-0.3, -0.25) is 9.59 Å². The largest absolute Gasteiger partial charge is 0.481 e. The van der Waals surface area contributed by atoms with Crippen LogP contribution in [0.15, 0.2) is 54.6 Å². The van der Waals surface area contributed by atoms with Crippen LogP contribution in [0.1, 0.15) is 30.9 Å². The Kier molecular flexibility index (Phi) is 5.34. The number of carboxylic acid groups (broad SMARTS) is 1. The topological polar surface area (TPSA) is 66.4 Å². The highest BCUT2D eigenvalue weighted by atomic mass is 19.1. The molecule has 2 atom stereocenters. The number of hydrogen-bond acceptors (Lipinski definition) is 2. The first kappa shape index (κ1) is 17.7. The molecule has 0 bridgehead atoms. The number of nitrogens with one attached hydrogen (secondary N) is 1. The van der Waals surface area contributed by atoms with Crippen molar-refractivity contribution in [2.45, 2.75) is 25.2 Å². The quantitative estimate of drug-likeness (QED) is 0.856. The van der Waals surface area contributed by atoms with E-state index >= 15 is 0 Å². The lowest BCUT2D eigenvalue weighted by Gasteiger charge is -2.26. The maximum absolute atomic E-state index is 13.3. The molecule has 0 aliphatic carbocycles. The Morgan fingerprint density at radius 2 is 1.83 bits per heavy atom. The second-order valence-electron chi connectivity index (χ2n) is 6.00. The Bertz CT molecular complexity index is 732. The van der Waals surface area contributed by atoms with Crippen molar-refractivity contribution in [3.8, 4) is 0 Å². The molecule has 0 aliphatic heterocycles. The highest BCUT2D eigenvalue weighted by molar-refractivity contribution is 5.86. The van der Waals surface area contributed by atoms with Gasteiger partial charge < -0.3 is 10.4 Å². The molecular weight excluding hydrogens is 309 g/mol. The molecule has 2 aromatic rings. The molecule has 2 unspecified atom stereocenters. The van der Waals surface area contributed by atoms with Crippen LogP contribution < -0.4 is 5.32 Å². The van der Waals surface area contributed by atoms with Gasteiger partial charge in [-0.25, -0.2) is 4.39 Å². The SMILES string of the molecule is CC(C(=O)NCC(C)(C(=O)O)c1ccccc1)c1cccc(F)c1. The number of halogens is 1. The van der Waals surface area contributed by atoms with E-state index < -0.39 is 23.1 Å². The first-order valence-electron chi connectivity index (χ1n) is 7.66. The van der Waals surface area contributed by atoms with Gasteiger partial charge in [0.1, 0.15) is 11.2 Å². The van der Waals surface area contributed by atoms with Crippen LogP contribution in [0.2, 0.25) is 0 Å². The summed E-state index contributed by atoms with van der Waals surface area (Å²) >= 11 is 0. The van der Waals surface area contributed by atoms with Gasteiger partial charge in [0, 0.05) is 6.54 Å². The molecule has 2 N–H and O–H groups in total. The Labute approximate surface area is 140 Å².